The predicted molar refractivity (Wildman–Crippen MR) is 133 cm³/mol. The quantitative estimate of drug-likeness (QED) is 0.334. The van der Waals surface area contributed by atoms with Gasteiger partial charge in [0, 0.05) is 6.42 Å². The van der Waals surface area contributed by atoms with Gasteiger partial charge in [0.1, 0.15) is 5.75 Å². The molecule has 0 aromatic heterocycles. The Morgan fingerprint density at radius 2 is 1.62 bits per heavy atom. The summed E-state index contributed by atoms with van der Waals surface area (Å²) in [6.45, 7) is 5.79. The molecule has 0 radical (unpaired) electrons. The first kappa shape index (κ1) is 25.1. The van der Waals surface area contributed by atoms with Crippen LogP contribution in [0.3, 0.4) is 0 Å². The number of nitrogens with zero attached hydrogens (tertiary/aromatic N) is 1. The van der Waals surface area contributed by atoms with Crippen LogP contribution in [0, 0.1) is 6.92 Å². The van der Waals surface area contributed by atoms with Crippen molar-refractivity contribution < 1.29 is 17.9 Å². The fourth-order valence-electron chi connectivity index (χ4n) is 3.20. The number of amides is 1. The molecule has 7 nitrogen and oxygen atoms in total. The van der Waals surface area contributed by atoms with Crippen molar-refractivity contribution in [2.24, 2.45) is 5.10 Å². The lowest BCUT2D eigenvalue weighted by atomic mass is 10.0. The molecule has 34 heavy (non-hydrogen) atoms. The monoisotopic (exact) mass is 479 g/mol. The third-order valence-corrected chi connectivity index (χ3v) is 6.36. The number of rotatable bonds is 10. The number of ether oxygens (including phenoxy) is 1. The van der Waals surface area contributed by atoms with Gasteiger partial charge in [0.05, 0.1) is 23.3 Å². The number of aryl methyl sites for hydroxylation is 1. The first-order chi connectivity index (χ1) is 16.2. The van der Waals surface area contributed by atoms with E-state index in [1.54, 1.807) is 48.5 Å². The van der Waals surface area contributed by atoms with Crippen LogP contribution in [-0.2, 0) is 14.8 Å². The summed E-state index contributed by atoms with van der Waals surface area (Å²) in [5.41, 5.74) is 4.90. The van der Waals surface area contributed by atoms with Crippen LogP contribution in [0.4, 0.5) is 0 Å². The van der Waals surface area contributed by atoms with E-state index in [2.05, 4.69) is 15.2 Å². The van der Waals surface area contributed by atoms with Gasteiger partial charge in [0.15, 0.2) is 0 Å². The first-order valence-corrected chi connectivity index (χ1v) is 12.4. The van der Waals surface area contributed by atoms with Crippen LogP contribution in [0.1, 0.15) is 43.0 Å². The summed E-state index contributed by atoms with van der Waals surface area (Å²) >= 11 is 0. The van der Waals surface area contributed by atoms with Gasteiger partial charge in [-0.1, -0.05) is 48.0 Å². The number of sulfonamides is 1. The van der Waals surface area contributed by atoms with Gasteiger partial charge in [-0.2, -0.15) is 5.10 Å². The average molecular weight is 480 g/mol. The number of carbonyl (C=O) groups excluding carboxylic acids is 1. The van der Waals surface area contributed by atoms with Gasteiger partial charge in [0.25, 0.3) is 0 Å². The van der Waals surface area contributed by atoms with Crippen molar-refractivity contribution in [3.05, 3.63) is 95.6 Å². The molecule has 0 spiro atoms. The molecule has 1 amide bonds. The molecular weight excluding hydrogens is 450 g/mol. The molecule has 3 aromatic carbocycles. The standard InChI is InChI=1S/C26H29N3O4S/c1-19(2)33-23-13-11-21(12-14-23)18-27-28-26(30)17-25(22-7-5-4-6-8-22)29-34(31,32)24-15-9-20(3)10-16-24/h4-16,18-19,25,29H,17H2,1-3H3,(H,28,30)/b27-18-/t25-/m0/s1. The Kier molecular flexibility index (Phi) is 8.56. The van der Waals surface area contributed by atoms with Crippen molar-refractivity contribution in [1.29, 1.82) is 0 Å². The van der Waals surface area contributed by atoms with E-state index in [-0.39, 0.29) is 17.4 Å². The zero-order valence-electron chi connectivity index (χ0n) is 19.4. The van der Waals surface area contributed by atoms with Gasteiger partial charge in [-0.05, 0) is 68.3 Å². The SMILES string of the molecule is Cc1ccc(S(=O)(=O)N[C@@H](CC(=O)N/N=C\c2ccc(OC(C)C)cc2)c2ccccc2)cc1. The Labute approximate surface area is 200 Å². The molecule has 8 heteroatoms. The molecule has 0 aliphatic heterocycles. The highest BCUT2D eigenvalue weighted by Crippen LogP contribution is 2.21. The Bertz CT molecular complexity index is 1210. The molecule has 0 heterocycles. The van der Waals surface area contributed by atoms with E-state index in [1.165, 1.54) is 6.21 Å². The molecular formula is C26H29N3O4S. The number of benzene rings is 3. The maximum Gasteiger partial charge on any atom is 0.242 e. The second-order valence-corrected chi connectivity index (χ2v) is 9.84. The normalized spacial score (nSPS) is 12.6. The molecule has 0 saturated heterocycles. The lowest BCUT2D eigenvalue weighted by Gasteiger charge is -2.18. The number of hydrazone groups is 1. The second-order valence-electron chi connectivity index (χ2n) is 8.13. The molecule has 1 atom stereocenters. The van der Waals surface area contributed by atoms with Crippen LogP contribution < -0.4 is 14.9 Å². The third-order valence-electron chi connectivity index (χ3n) is 4.87. The zero-order valence-corrected chi connectivity index (χ0v) is 20.2. The lowest BCUT2D eigenvalue weighted by molar-refractivity contribution is -0.121. The van der Waals surface area contributed by atoms with Crippen molar-refractivity contribution in [1.82, 2.24) is 10.1 Å². The Balaban J connectivity index is 1.67. The van der Waals surface area contributed by atoms with E-state index in [0.717, 1.165) is 16.9 Å². The van der Waals surface area contributed by atoms with Crippen molar-refractivity contribution in [3.8, 4) is 5.75 Å². The highest BCUT2D eigenvalue weighted by molar-refractivity contribution is 7.89. The zero-order chi connectivity index (χ0) is 24.6. The number of nitrogens with one attached hydrogen (secondary N) is 2. The molecule has 0 bridgehead atoms. The summed E-state index contributed by atoms with van der Waals surface area (Å²) in [5, 5.41) is 4.00. The number of hydrogen-bond donors (Lipinski definition) is 2. The van der Waals surface area contributed by atoms with Crippen LogP contribution in [0.2, 0.25) is 0 Å². The molecule has 0 saturated carbocycles. The van der Waals surface area contributed by atoms with Crippen LogP contribution in [-0.4, -0.2) is 26.6 Å². The van der Waals surface area contributed by atoms with Crippen molar-refractivity contribution >= 4 is 22.1 Å². The smallest absolute Gasteiger partial charge is 0.242 e. The largest absolute Gasteiger partial charge is 0.491 e. The van der Waals surface area contributed by atoms with Crippen LogP contribution in [0.15, 0.2) is 88.9 Å². The van der Waals surface area contributed by atoms with Gasteiger partial charge >= 0.3 is 0 Å². The maximum absolute atomic E-state index is 12.9. The van der Waals surface area contributed by atoms with E-state index in [1.807, 2.05) is 51.1 Å². The lowest BCUT2D eigenvalue weighted by Crippen LogP contribution is -2.32. The minimum Gasteiger partial charge on any atom is -0.491 e. The van der Waals surface area contributed by atoms with Crippen molar-refractivity contribution in [3.63, 3.8) is 0 Å². The Morgan fingerprint density at radius 3 is 2.24 bits per heavy atom. The highest BCUT2D eigenvalue weighted by Gasteiger charge is 2.23. The van der Waals surface area contributed by atoms with Gasteiger partial charge in [-0.3, -0.25) is 4.79 Å². The predicted octanol–water partition coefficient (Wildman–Crippen LogP) is 4.34. The van der Waals surface area contributed by atoms with Gasteiger partial charge in [0.2, 0.25) is 15.9 Å². The minimum atomic E-state index is -3.83. The van der Waals surface area contributed by atoms with E-state index >= 15 is 0 Å². The minimum absolute atomic E-state index is 0.0831. The third kappa shape index (κ3) is 7.54. The summed E-state index contributed by atoms with van der Waals surface area (Å²) in [6, 6.07) is 22.1. The summed E-state index contributed by atoms with van der Waals surface area (Å²) in [6.07, 6.45) is 1.48. The van der Waals surface area contributed by atoms with Gasteiger partial charge < -0.3 is 4.74 Å². The molecule has 0 unspecified atom stereocenters. The average Bonchev–Trinajstić information content (AvgIpc) is 2.80. The van der Waals surface area contributed by atoms with Crippen LogP contribution in [0.5, 0.6) is 5.75 Å². The van der Waals surface area contributed by atoms with E-state index < -0.39 is 22.0 Å². The van der Waals surface area contributed by atoms with E-state index in [9.17, 15) is 13.2 Å². The Hall–Kier alpha value is -3.49. The van der Waals surface area contributed by atoms with Gasteiger partial charge in [-0.15, -0.1) is 0 Å². The van der Waals surface area contributed by atoms with Crippen molar-refractivity contribution in [2.45, 2.75) is 44.2 Å². The topological polar surface area (TPSA) is 96.9 Å². The summed E-state index contributed by atoms with van der Waals surface area (Å²) in [5.74, 6) is 0.333. The number of hydrogen-bond acceptors (Lipinski definition) is 5. The molecule has 2 N–H and O–H groups in total. The maximum atomic E-state index is 12.9. The summed E-state index contributed by atoms with van der Waals surface area (Å²) in [7, 11) is -3.83. The molecule has 3 rings (SSSR count). The van der Waals surface area contributed by atoms with Crippen LogP contribution in [0.25, 0.3) is 0 Å². The van der Waals surface area contributed by atoms with E-state index in [0.29, 0.717) is 5.56 Å². The van der Waals surface area contributed by atoms with Crippen molar-refractivity contribution in [2.75, 3.05) is 0 Å². The van der Waals surface area contributed by atoms with Crippen LogP contribution >= 0.6 is 0 Å². The Morgan fingerprint density at radius 1 is 0.971 bits per heavy atom. The first-order valence-electron chi connectivity index (χ1n) is 11.0. The summed E-state index contributed by atoms with van der Waals surface area (Å²) in [4.78, 5) is 12.7. The molecule has 3 aromatic rings. The molecule has 0 aliphatic rings. The van der Waals surface area contributed by atoms with E-state index in [4.69, 9.17) is 4.74 Å². The van der Waals surface area contributed by atoms with Gasteiger partial charge in [-0.25, -0.2) is 18.6 Å². The molecule has 0 aliphatic carbocycles. The second kappa shape index (κ2) is 11.6. The fraction of sp³-hybridized carbons (Fsp3) is 0.231. The molecule has 0 fully saturated rings. The number of carbonyl (C=O) groups is 1. The summed E-state index contributed by atoms with van der Waals surface area (Å²) < 4.78 is 34.1. The molecule has 178 valence electrons. The highest BCUT2D eigenvalue weighted by atomic mass is 32.2. The fourth-order valence-corrected chi connectivity index (χ4v) is 4.42.